The summed E-state index contributed by atoms with van der Waals surface area (Å²) >= 11 is 0. The Balaban J connectivity index is 1.84. The highest BCUT2D eigenvalue weighted by Crippen LogP contribution is 2.13. The smallest absolute Gasteiger partial charge is 0.178 e. The predicted octanol–water partition coefficient (Wildman–Crippen LogP) is 2.10. The van der Waals surface area contributed by atoms with Gasteiger partial charge >= 0.3 is 0 Å². The summed E-state index contributed by atoms with van der Waals surface area (Å²) in [5, 5.41) is 20.1. The van der Waals surface area contributed by atoms with Crippen LogP contribution in [0.1, 0.15) is 26.5 Å². The zero-order valence-electron chi connectivity index (χ0n) is 12.4. The number of para-hydroxylation sites is 1. The van der Waals surface area contributed by atoms with Gasteiger partial charge in [0.15, 0.2) is 5.82 Å². The number of hydrogen-bond acceptors (Lipinski definition) is 5. The molecule has 0 unspecified atom stereocenters. The molecule has 0 spiro atoms. The van der Waals surface area contributed by atoms with E-state index in [0.29, 0.717) is 12.4 Å². The van der Waals surface area contributed by atoms with Gasteiger partial charge in [-0.05, 0) is 45.0 Å². The Labute approximate surface area is 123 Å². The quantitative estimate of drug-likeness (QED) is 0.796. The second kappa shape index (κ2) is 5.21. The zero-order chi connectivity index (χ0) is 14.9. The van der Waals surface area contributed by atoms with Crippen LogP contribution in [-0.4, -0.2) is 30.7 Å². The van der Waals surface area contributed by atoms with Gasteiger partial charge in [0.1, 0.15) is 5.52 Å². The zero-order valence-corrected chi connectivity index (χ0v) is 12.4. The van der Waals surface area contributed by atoms with E-state index in [4.69, 9.17) is 0 Å². The van der Waals surface area contributed by atoms with Crippen LogP contribution in [0.4, 0.5) is 0 Å². The maximum Gasteiger partial charge on any atom is 0.178 e. The minimum absolute atomic E-state index is 0.0580. The largest absolute Gasteiger partial charge is 0.306 e. The van der Waals surface area contributed by atoms with Crippen LogP contribution in [0.3, 0.4) is 0 Å². The van der Waals surface area contributed by atoms with Gasteiger partial charge in [0.25, 0.3) is 0 Å². The summed E-state index contributed by atoms with van der Waals surface area (Å²) in [5.41, 5.74) is 2.73. The van der Waals surface area contributed by atoms with Crippen molar-refractivity contribution < 1.29 is 0 Å². The minimum atomic E-state index is 0.0580. The lowest BCUT2D eigenvalue weighted by molar-refractivity contribution is 0.420. The van der Waals surface area contributed by atoms with E-state index in [-0.39, 0.29) is 5.54 Å². The average Bonchev–Trinajstić information content (AvgIpc) is 2.89. The normalized spacial score (nSPS) is 12.0. The number of fused-ring (bicyclic) bond motifs is 1. The monoisotopic (exact) mass is 282 g/mol. The maximum absolute atomic E-state index is 4.24. The molecule has 0 radical (unpaired) electrons. The molecule has 6 nitrogen and oxygen atoms in total. The lowest BCUT2D eigenvalue weighted by Gasteiger charge is -2.19. The van der Waals surface area contributed by atoms with Crippen molar-refractivity contribution >= 4 is 11.0 Å². The van der Waals surface area contributed by atoms with Gasteiger partial charge in [0.2, 0.25) is 0 Å². The van der Waals surface area contributed by atoms with E-state index in [1.165, 1.54) is 0 Å². The average molecular weight is 282 g/mol. The highest BCUT2D eigenvalue weighted by atomic mass is 15.5. The Hall–Kier alpha value is -2.34. The molecular formula is C15H18N6. The van der Waals surface area contributed by atoms with E-state index in [1.807, 2.05) is 36.4 Å². The van der Waals surface area contributed by atoms with Crippen molar-refractivity contribution in [2.24, 2.45) is 0 Å². The molecule has 3 rings (SSSR count). The molecule has 1 N–H and O–H groups in total. The molecule has 1 aromatic carbocycles. The van der Waals surface area contributed by atoms with Crippen molar-refractivity contribution in [2.75, 3.05) is 0 Å². The van der Waals surface area contributed by atoms with Crippen LogP contribution in [0.2, 0.25) is 0 Å². The van der Waals surface area contributed by atoms with Crippen LogP contribution in [0, 0.1) is 0 Å². The van der Waals surface area contributed by atoms with E-state index in [9.17, 15) is 0 Å². The third-order valence-corrected chi connectivity index (χ3v) is 3.07. The summed E-state index contributed by atoms with van der Waals surface area (Å²) in [6.07, 6.45) is 0. The fourth-order valence-corrected chi connectivity index (χ4v) is 1.95. The van der Waals surface area contributed by atoms with Crippen molar-refractivity contribution in [1.82, 2.24) is 30.5 Å². The highest BCUT2D eigenvalue weighted by Gasteiger charge is 2.10. The van der Waals surface area contributed by atoms with Crippen LogP contribution >= 0.6 is 0 Å². The fourth-order valence-electron chi connectivity index (χ4n) is 1.95. The van der Waals surface area contributed by atoms with Crippen LogP contribution in [0.15, 0.2) is 36.4 Å². The Kier molecular flexibility index (Phi) is 3.39. The van der Waals surface area contributed by atoms with Gasteiger partial charge in [0, 0.05) is 12.1 Å². The van der Waals surface area contributed by atoms with Crippen molar-refractivity contribution in [3.8, 4) is 5.82 Å². The van der Waals surface area contributed by atoms with Gasteiger partial charge in [-0.1, -0.05) is 17.3 Å². The van der Waals surface area contributed by atoms with Crippen LogP contribution in [-0.2, 0) is 6.54 Å². The summed E-state index contributed by atoms with van der Waals surface area (Å²) in [6, 6.07) is 11.6. The standard InChI is InChI=1S/C15H18N6/c1-15(2,3)16-10-11-8-9-14(19-17-11)21-13-7-5-4-6-12(13)18-20-21/h4-9,16H,10H2,1-3H3. The second-order valence-corrected chi connectivity index (χ2v) is 5.98. The van der Waals surface area contributed by atoms with E-state index >= 15 is 0 Å². The molecule has 0 fully saturated rings. The molecule has 2 aromatic heterocycles. The van der Waals surface area contributed by atoms with E-state index in [2.05, 4.69) is 46.6 Å². The van der Waals surface area contributed by atoms with Gasteiger partial charge in [-0.15, -0.1) is 10.2 Å². The molecule has 6 heteroatoms. The van der Waals surface area contributed by atoms with E-state index in [1.54, 1.807) is 4.68 Å². The van der Waals surface area contributed by atoms with E-state index in [0.717, 1.165) is 16.7 Å². The lowest BCUT2D eigenvalue weighted by atomic mass is 10.1. The number of aromatic nitrogens is 5. The Morgan fingerprint density at radius 3 is 2.52 bits per heavy atom. The molecule has 0 amide bonds. The molecule has 0 aliphatic heterocycles. The van der Waals surface area contributed by atoms with Crippen LogP contribution < -0.4 is 5.32 Å². The molecule has 0 atom stereocenters. The summed E-state index contributed by atoms with van der Waals surface area (Å²) in [5.74, 6) is 0.670. The van der Waals surface area contributed by atoms with Gasteiger partial charge in [-0.2, -0.15) is 9.78 Å². The van der Waals surface area contributed by atoms with Gasteiger partial charge < -0.3 is 5.32 Å². The first kappa shape index (κ1) is 13.6. The summed E-state index contributed by atoms with van der Waals surface area (Å²) in [4.78, 5) is 0. The predicted molar refractivity (Wildman–Crippen MR) is 81.0 cm³/mol. The molecule has 0 saturated carbocycles. The number of nitrogens with one attached hydrogen (secondary N) is 1. The molecule has 0 saturated heterocycles. The van der Waals surface area contributed by atoms with Crippen molar-refractivity contribution in [3.63, 3.8) is 0 Å². The maximum atomic E-state index is 4.24. The Bertz CT molecular complexity index is 739. The summed E-state index contributed by atoms with van der Waals surface area (Å²) < 4.78 is 1.70. The van der Waals surface area contributed by atoms with Gasteiger partial charge in [-0.25, -0.2) is 0 Å². The van der Waals surface area contributed by atoms with Crippen LogP contribution in [0.5, 0.6) is 0 Å². The number of benzene rings is 1. The first-order valence-corrected chi connectivity index (χ1v) is 6.91. The summed E-state index contributed by atoms with van der Waals surface area (Å²) in [6.45, 7) is 7.05. The molecule has 0 bridgehead atoms. The third kappa shape index (κ3) is 3.05. The lowest BCUT2D eigenvalue weighted by Crippen LogP contribution is -2.35. The van der Waals surface area contributed by atoms with Gasteiger partial charge in [0.05, 0.1) is 11.2 Å². The van der Waals surface area contributed by atoms with Crippen molar-refractivity contribution in [2.45, 2.75) is 32.9 Å². The molecule has 108 valence electrons. The van der Waals surface area contributed by atoms with Crippen molar-refractivity contribution in [1.29, 1.82) is 0 Å². The Morgan fingerprint density at radius 2 is 1.81 bits per heavy atom. The molecule has 3 aromatic rings. The van der Waals surface area contributed by atoms with Gasteiger partial charge in [-0.3, -0.25) is 0 Å². The molecule has 21 heavy (non-hydrogen) atoms. The van der Waals surface area contributed by atoms with Crippen molar-refractivity contribution in [3.05, 3.63) is 42.1 Å². The molecule has 0 aliphatic carbocycles. The highest BCUT2D eigenvalue weighted by molar-refractivity contribution is 5.75. The molecule has 2 heterocycles. The first-order valence-electron chi connectivity index (χ1n) is 6.91. The minimum Gasteiger partial charge on any atom is -0.306 e. The number of hydrogen-bond donors (Lipinski definition) is 1. The molecular weight excluding hydrogens is 264 g/mol. The second-order valence-electron chi connectivity index (χ2n) is 5.98. The first-order chi connectivity index (χ1) is 10.0. The van der Waals surface area contributed by atoms with E-state index < -0.39 is 0 Å². The third-order valence-electron chi connectivity index (χ3n) is 3.07. The fraction of sp³-hybridized carbons (Fsp3) is 0.333. The van der Waals surface area contributed by atoms with Crippen LogP contribution in [0.25, 0.3) is 16.9 Å². The Morgan fingerprint density at radius 1 is 1.00 bits per heavy atom. The topological polar surface area (TPSA) is 68.5 Å². The number of nitrogens with zero attached hydrogens (tertiary/aromatic N) is 5. The number of rotatable bonds is 3. The molecule has 0 aliphatic rings. The summed E-state index contributed by atoms with van der Waals surface area (Å²) in [7, 11) is 0. The SMILES string of the molecule is CC(C)(C)NCc1ccc(-n2nnc3ccccc32)nn1.